The van der Waals surface area contributed by atoms with Gasteiger partial charge in [0.05, 0.1) is 6.61 Å². The van der Waals surface area contributed by atoms with E-state index in [0.29, 0.717) is 12.5 Å². The largest absolute Gasteiger partial charge is 0.449 e. The van der Waals surface area contributed by atoms with Gasteiger partial charge in [0.2, 0.25) is 0 Å². The molecule has 17 heavy (non-hydrogen) atoms. The number of benzene rings is 1. The molecule has 1 N–H and O–H groups in total. The molecular formula is C13H18N2O2. The third-order valence-electron chi connectivity index (χ3n) is 2.97. The summed E-state index contributed by atoms with van der Waals surface area (Å²) in [5.41, 5.74) is 0.909. The lowest BCUT2D eigenvalue weighted by atomic mass is 10.0. The van der Waals surface area contributed by atoms with Gasteiger partial charge in [-0.1, -0.05) is 18.2 Å². The number of amides is 1. The minimum absolute atomic E-state index is 0.239. The first-order valence-corrected chi connectivity index (χ1v) is 5.95. The molecule has 0 spiro atoms. The first kappa shape index (κ1) is 11.9. The SMILES string of the molecule is CNCCC1COC(=O)N(c2ccccc2)C1. The summed E-state index contributed by atoms with van der Waals surface area (Å²) in [6.45, 7) is 2.22. The maximum Gasteiger partial charge on any atom is 0.414 e. The second kappa shape index (κ2) is 5.68. The van der Waals surface area contributed by atoms with Crippen molar-refractivity contribution in [2.45, 2.75) is 6.42 Å². The molecule has 0 radical (unpaired) electrons. The smallest absolute Gasteiger partial charge is 0.414 e. The summed E-state index contributed by atoms with van der Waals surface area (Å²) in [6.07, 6.45) is 0.782. The lowest BCUT2D eigenvalue weighted by molar-refractivity contribution is 0.112. The monoisotopic (exact) mass is 234 g/mol. The molecule has 0 aromatic heterocycles. The second-order valence-corrected chi connectivity index (χ2v) is 4.28. The number of carbonyl (C=O) groups is 1. The van der Waals surface area contributed by atoms with Gasteiger partial charge in [-0.05, 0) is 32.1 Å². The Bertz CT molecular complexity index is 367. The van der Waals surface area contributed by atoms with Gasteiger partial charge in [0.25, 0.3) is 0 Å². The molecule has 1 unspecified atom stereocenters. The van der Waals surface area contributed by atoms with E-state index < -0.39 is 0 Å². The standard InChI is InChI=1S/C13H18N2O2/c1-14-8-7-11-9-15(13(16)17-10-11)12-5-3-2-4-6-12/h2-6,11,14H,7-10H2,1H3. The summed E-state index contributed by atoms with van der Waals surface area (Å²) in [5, 5.41) is 3.12. The van der Waals surface area contributed by atoms with Gasteiger partial charge in [0.1, 0.15) is 0 Å². The van der Waals surface area contributed by atoms with Crippen molar-refractivity contribution in [1.29, 1.82) is 0 Å². The summed E-state index contributed by atoms with van der Waals surface area (Å²) >= 11 is 0. The molecular weight excluding hydrogens is 216 g/mol. The molecule has 0 aliphatic carbocycles. The summed E-state index contributed by atoms with van der Waals surface area (Å²) in [4.78, 5) is 13.4. The van der Waals surface area contributed by atoms with Gasteiger partial charge >= 0.3 is 6.09 Å². The van der Waals surface area contributed by atoms with Gasteiger partial charge < -0.3 is 10.1 Å². The summed E-state index contributed by atoms with van der Waals surface area (Å²) in [6, 6.07) is 9.67. The maximum absolute atomic E-state index is 11.7. The van der Waals surface area contributed by atoms with Crippen LogP contribution in [0.2, 0.25) is 0 Å². The van der Waals surface area contributed by atoms with Crippen molar-refractivity contribution in [2.75, 3.05) is 31.6 Å². The van der Waals surface area contributed by atoms with Crippen LogP contribution >= 0.6 is 0 Å². The normalized spacial score (nSPS) is 20.2. The van der Waals surface area contributed by atoms with Crippen molar-refractivity contribution >= 4 is 11.8 Å². The van der Waals surface area contributed by atoms with Crippen LogP contribution in [0.1, 0.15) is 6.42 Å². The molecule has 1 aliphatic heterocycles. The van der Waals surface area contributed by atoms with E-state index in [1.807, 2.05) is 37.4 Å². The lowest BCUT2D eigenvalue weighted by Crippen LogP contribution is -2.43. The zero-order valence-electron chi connectivity index (χ0n) is 10.1. The van der Waals surface area contributed by atoms with E-state index in [9.17, 15) is 4.79 Å². The lowest BCUT2D eigenvalue weighted by Gasteiger charge is -2.32. The van der Waals surface area contributed by atoms with E-state index in [-0.39, 0.29) is 6.09 Å². The Hall–Kier alpha value is -1.55. The Morgan fingerprint density at radius 1 is 1.41 bits per heavy atom. The van der Waals surface area contributed by atoms with E-state index in [4.69, 9.17) is 4.74 Å². The minimum atomic E-state index is -0.239. The molecule has 1 atom stereocenters. The van der Waals surface area contributed by atoms with Crippen LogP contribution in [0, 0.1) is 5.92 Å². The van der Waals surface area contributed by atoms with Crippen LogP contribution < -0.4 is 10.2 Å². The van der Waals surface area contributed by atoms with E-state index in [0.717, 1.165) is 25.2 Å². The maximum atomic E-state index is 11.7. The summed E-state index contributed by atoms with van der Waals surface area (Å²) < 4.78 is 5.21. The molecule has 2 rings (SSSR count). The number of hydrogen-bond acceptors (Lipinski definition) is 3. The van der Waals surface area contributed by atoms with Crippen LogP contribution in [0.3, 0.4) is 0 Å². The summed E-state index contributed by atoms with van der Waals surface area (Å²) in [5.74, 6) is 0.403. The van der Waals surface area contributed by atoms with Gasteiger partial charge in [-0.2, -0.15) is 0 Å². The van der Waals surface area contributed by atoms with E-state index in [1.54, 1.807) is 4.90 Å². The van der Waals surface area contributed by atoms with Crippen LogP contribution in [-0.2, 0) is 4.74 Å². The molecule has 1 aliphatic rings. The number of nitrogens with one attached hydrogen (secondary N) is 1. The average Bonchev–Trinajstić information content (AvgIpc) is 2.39. The zero-order valence-corrected chi connectivity index (χ0v) is 10.1. The number of nitrogens with zero attached hydrogens (tertiary/aromatic N) is 1. The Balaban J connectivity index is 2.02. The Morgan fingerprint density at radius 3 is 2.88 bits per heavy atom. The highest BCUT2D eigenvalue weighted by Crippen LogP contribution is 2.21. The molecule has 4 heteroatoms. The number of hydrogen-bond donors (Lipinski definition) is 1. The number of carbonyl (C=O) groups excluding carboxylic acids is 1. The van der Waals surface area contributed by atoms with Crippen molar-refractivity contribution in [3.63, 3.8) is 0 Å². The topological polar surface area (TPSA) is 41.6 Å². The minimum Gasteiger partial charge on any atom is -0.449 e. The predicted molar refractivity (Wildman–Crippen MR) is 67.2 cm³/mol. The van der Waals surface area contributed by atoms with Gasteiger partial charge in [-0.25, -0.2) is 4.79 Å². The highest BCUT2D eigenvalue weighted by Gasteiger charge is 2.27. The molecule has 1 aromatic carbocycles. The second-order valence-electron chi connectivity index (χ2n) is 4.28. The number of para-hydroxylation sites is 1. The van der Waals surface area contributed by atoms with Crippen molar-refractivity contribution in [1.82, 2.24) is 5.32 Å². The first-order valence-electron chi connectivity index (χ1n) is 5.95. The molecule has 1 aromatic rings. The highest BCUT2D eigenvalue weighted by molar-refractivity contribution is 5.88. The molecule has 0 saturated carbocycles. The van der Waals surface area contributed by atoms with E-state index >= 15 is 0 Å². The number of rotatable bonds is 4. The van der Waals surface area contributed by atoms with Gasteiger partial charge in [-0.15, -0.1) is 0 Å². The van der Waals surface area contributed by atoms with Crippen molar-refractivity contribution in [2.24, 2.45) is 5.92 Å². The van der Waals surface area contributed by atoms with Gasteiger partial charge in [0, 0.05) is 18.2 Å². The Morgan fingerprint density at radius 2 is 2.18 bits per heavy atom. The van der Waals surface area contributed by atoms with E-state index in [2.05, 4.69) is 5.32 Å². The Kier molecular flexibility index (Phi) is 3.98. The molecule has 1 saturated heterocycles. The third kappa shape index (κ3) is 2.97. The average molecular weight is 234 g/mol. The molecule has 4 nitrogen and oxygen atoms in total. The number of ether oxygens (including phenoxy) is 1. The Labute approximate surface area is 102 Å². The fourth-order valence-electron chi connectivity index (χ4n) is 1.99. The third-order valence-corrected chi connectivity index (χ3v) is 2.97. The molecule has 92 valence electrons. The van der Waals surface area contributed by atoms with Gasteiger partial charge in [-0.3, -0.25) is 4.90 Å². The fraction of sp³-hybridized carbons (Fsp3) is 0.462. The first-order chi connectivity index (χ1) is 8.31. The molecule has 1 amide bonds. The van der Waals surface area contributed by atoms with Crippen LogP contribution in [0.4, 0.5) is 10.5 Å². The van der Waals surface area contributed by atoms with Crippen molar-refractivity contribution < 1.29 is 9.53 Å². The van der Waals surface area contributed by atoms with Crippen LogP contribution in [0.15, 0.2) is 30.3 Å². The summed E-state index contributed by atoms with van der Waals surface area (Å²) in [7, 11) is 1.93. The van der Waals surface area contributed by atoms with Crippen LogP contribution in [-0.4, -0.2) is 32.8 Å². The van der Waals surface area contributed by atoms with Crippen molar-refractivity contribution in [3.8, 4) is 0 Å². The van der Waals surface area contributed by atoms with Crippen molar-refractivity contribution in [3.05, 3.63) is 30.3 Å². The van der Waals surface area contributed by atoms with E-state index in [1.165, 1.54) is 0 Å². The quantitative estimate of drug-likeness (QED) is 0.864. The highest BCUT2D eigenvalue weighted by atomic mass is 16.6. The number of cyclic esters (lactones) is 1. The fourth-order valence-corrected chi connectivity index (χ4v) is 1.99. The molecule has 1 fully saturated rings. The number of anilines is 1. The molecule has 1 heterocycles. The van der Waals surface area contributed by atoms with Crippen LogP contribution in [0.5, 0.6) is 0 Å². The van der Waals surface area contributed by atoms with Crippen LogP contribution in [0.25, 0.3) is 0 Å². The predicted octanol–water partition coefficient (Wildman–Crippen LogP) is 1.87. The molecule has 0 bridgehead atoms. The van der Waals surface area contributed by atoms with Gasteiger partial charge in [0.15, 0.2) is 0 Å². The zero-order chi connectivity index (χ0) is 12.1.